The van der Waals surface area contributed by atoms with Gasteiger partial charge in [-0.3, -0.25) is 9.36 Å². The van der Waals surface area contributed by atoms with Crippen LogP contribution >= 0.6 is 0 Å². The van der Waals surface area contributed by atoms with Crippen molar-refractivity contribution in [1.82, 2.24) is 4.57 Å². The fraction of sp³-hybridized carbons (Fsp3) is 0.294. The number of anilines is 1. The van der Waals surface area contributed by atoms with Gasteiger partial charge in [-0.05, 0) is 18.6 Å². The van der Waals surface area contributed by atoms with Gasteiger partial charge in [-0.25, -0.2) is 4.79 Å². The van der Waals surface area contributed by atoms with Gasteiger partial charge in [0.25, 0.3) is 5.56 Å². The molecule has 0 unspecified atom stereocenters. The average molecular weight is 298 g/mol. The number of fused-ring (bicyclic) bond motifs is 1. The van der Waals surface area contributed by atoms with Crippen molar-refractivity contribution in [1.29, 1.82) is 0 Å². The van der Waals surface area contributed by atoms with Crippen molar-refractivity contribution in [2.24, 2.45) is 0 Å². The molecule has 1 aliphatic heterocycles. The Morgan fingerprint density at radius 2 is 1.91 bits per heavy atom. The number of pyridine rings is 1. The van der Waals surface area contributed by atoms with E-state index in [1.807, 2.05) is 30.3 Å². The summed E-state index contributed by atoms with van der Waals surface area (Å²) >= 11 is 0. The molecule has 1 aliphatic rings. The number of rotatable bonds is 4. The molecule has 0 fully saturated rings. The minimum absolute atomic E-state index is 0.0846. The third kappa shape index (κ3) is 2.62. The highest BCUT2D eigenvalue weighted by molar-refractivity contribution is 5.95. The van der Waals surface area contributed by atoms with Gasteiger partial charge in [-0.15, -0.1) is 0 Å². The van der Waals surface area contributed by atoms with E-state index < -0.39 is 0 Å². The van der Waals surface area contributed by atoms with Crippen molar-refractivity contribution >= 4 is 11.8 Å². The Kier molecular flexibility index (Phi) is 3.96. The van der Waals surface area contributed by atoms with Crippen molar-refractivity contribution in [3.8, 4) is 0 Å². The van der Waals surface area contributed by atoms with Crippen LogP contribution in [0.15, 0.2) is 47.3 Å². The van der Waals surface area contributed by atoms with Crippen LogP contribution < -0.4 is 10.5 Å². The molecule has 1 aromatic carbocycles. The molecule has 114 valence electrons. The summed E-state index contributed by atoms with van der Waals surface area (Å²) in [5, 5.41) is 0. The first-order chi connectivity index (χ1) is 10.7. The van der Waals surface area contributed by atoms with E-state index in [0.29, 0.717) is 37.6 Å². The Balaban J connectivity index is 1.99. The number of ether oxygens (including phenoxy) is 1. The van der Waals surface area contributed by atoms with Gasteiger partial charge in [0.15, 0.2) is 0 Å². The van der Waals surface area contributed by atoms with Gasteiger partial charge in [0.1, 0.15) is 11.4 Å². The van der Waals surface area contributed by atoms with Gasteiger partial charge in [0.2, 0.25) is 0 Å². The zero-order valence-corrected chi connectivity index (χ0v) is 12.5. The first-order valence-electron chi connectivity index (χ1n) is 7.40. The zero-order valence-electron chi connectivity index (χ0n) is 12.5. The number of carbonyl (C=O) groups is 1. The van der Waals surface area contributed by atoms with Crippen LogP contribution in [0.1, 0.15) is 22.8 Å². The van der Waals surface area contributed by atoms with Gasteiger partial charge in [0, 0.05) is 25.7 Å². The number of hydrogen-bond acceptors (Lipinski definition) is 4. The van der Waals surface area contributed by atoms with E-state index in [4.69, 9.17) is 4.74 Å². The third-order valence-electron chi connectivity index (χ3n) is 3.76. The minimum atomic E-state index is -0.383. The smallest absolute Gasteiger partial charge is 0.341 e. The highest BCUT2D eigenvalue weighted by Crippen LogP contribution is 2.26. The maximum absolute atomic E-state index is 12.1. The van der Waals surface area contributed by atoms with E-state index in [0.717, 1.165) is 5.56 Å². The summed E-state index contributed by atoms with van der Waals surface area (Å²) in [7, 11) is 0. The molecule has 0 radical (unpaired) electrons. The lowest BCUT2D eigenvalue weighted by Gasteiger charge is -2.20. The SMILES string of the molecule is CCOC(=O)c1ccc(=O)n2c1N(Cc1ccccc1)CC2. The molecule has 0 aliphatic carbocycles. The fourth-order valence-electron chi connectivity index (χ4n) is 2.78. The number of benzene rings is 1. The van der Waals surface area contributed by atoms with Crippen molar-refractivity contribution in [2.45, 2.75) is 20.0 Å². The molecule has 5 heteroatoms. The lowest BCUT2D eigenvalue weighted by atomic mass is 10.2. The van der Waals surface area contributed by atoms with E-state index in [2.05, 4.69) is 4.90 Å². The molecule has 2 heterocycles. The summed E-state index contributed by atoms with van der Waals surface area (Å²) in [6.45, 7) is 4.05. The van der Waals surface area contributed by atoms with Crippen LogP contribution in [0.3, 0.4) is 0 Å². The summed E-state index contributed by atoms with van der Waals surface area (Å²) in [4.78, 5) is 26.2. The normalized spacial score (nSPS) is 13.0. The molecule has 0 bridgehead atoms. The predicted molar refractivity (Wildman–Crippen MR) is 84.2 cm³/mol. The van der Waals surface area contributed by atoms with E-state index >= 15 is 0 Å². The van der Waals surface area contributed by atoms with Crippen LogP contribution in [0.2, 0.25) is 0 Å². The third-order valence-corrected chi connectivity index (χ3v) is 3.76. The van der Waals surface area contributed by atoms with Gasteiger partial charge in [-0.1, -0.05) is 30.3 Å². The van der Waals surface area contributed by atoms with E-state index in [1.165, 1.54) is 6.07 Å². The van der Waals surface area contributed by atoms with Crippen LogP contribution in [-0.4, -0.2) is 23.7 Å². The second-order valence-electron chi connectivity index (χ2n) is 5.19. The Hall–Kier alpha value is -2.56. The Morgan fingerprint density at radius 1 is 1.14 bits per heavy atom. The molecule has 0 saturated carbocycles. The molecule has 0 saturated heterocycles. The quantitative estimate of drug-likeness (QED) is 0.811. The Labute approximate surface area is 128 Å². The largest absolute Gasteiger partial charge is 0.462 e. The number of hydrogen-bond donors (Lipinski definition) is 0. The lowest BCUT2D eigenvalue weighted by molar-refractivity contribution is 0.0526. The predicted octanol–water partition coefficient (Wildman–Crippen LogP) is 2.05. The average Bonchev–Trinajstić information content (AvgIpc) is 2.94. The van der Waals surface area contributed by atoms with E-state index in [9.17, 15) is 9.59 Å². The van der Waals surface area contributed by atoms with Crippen molar-refractivity contribution < 1.29 is 9.53 Å². The topological polar surface area (TPSA) is 51.5 Å². The molecule has 0 spiro atoms. The molecule has 22 heavy (non-hydrogen) atoms. The molecular weight excluding hydrogens is 280 g/mol. The monoisotopic (exact) mass is 298 g/mol. The fourth-order valence-corrected chi connectivity index (χ4v) is 2.78. The molecule has 2 aromatic rings. The Morgan fingerprint density at radius 3 is 2.64 bits per heavy atom. The molecule has 0 atom stereocenters. The van der Waals surface area contributed by atoms with Gasteiger partial charge in [-0.2, -0.15) is 0 Å². The van der Waals surface area contributed by atoms with E-state index in [-0.39, 0.29) is 11.5 Å². The van der Waals surface area contributed by atoms with Crippen LogP contribution in [0, 0.1) is 0 Å². The first-order valence-corrected chi connectivity index (χ1v) is 7.40. The van der Waals surface area contributed by atoms with E-state index in [1.54, 1.807) is 17.6 Å². The highest BCUT2D eigenvalue weighted by atomic mass is 16.5. The maximum atomic E-state index is 12.1. The maximum Gasteiger partial charge on any atom is 0.341 e. The molecule has 0 N–H and O–H groups in total. The standard InChI is InChI=1S/C17H18N2O3/c1-2-22-17(21)14-8-9-15(20)19-11-10-18(16(14)19)12-13-6-4-3-5-7-13/h3-9H,2,10-12H2,1H3. The summed E-state index contributed by atoms with van der Waals surface area (Å²) in [5.41, 5.74) is 1.51. The van der Waals surface area contributed by atoms with Gasteiger partial charge >= 0.3 is 5.97 Å². The second kappa shape index (κ2) is 6.05. The minimum Gasteiger partial charge on any atom is -0.462 e. The summed E-state index contributed by atoms with van der Waals surface area (Å²) < 4.78 is 6.76. The summed E-state index contributed by atoms with van der Waals surface area (Å²) in [6, 6.07) is 13.0. The van der Waals surface area contributed by atoms with Crippen LogP contribution in [0.25, 0.3) is 0 Å². The molecule has 5 nitrogen and oxygen atoms in total. The number of aromatic nitrogens is 1. The number of nitrogens with zero attached hydrogens (tertiary/aromatic N) is 2. The summed E-state index contributed by atoms with van der Waals surface area (Å²) in [6.07, 6.45) is 0. The van der Waals surface area contributed by atoms with Crippen LogP contribution in [-0.2, 0) is 17.8 Å². The molecular formula is C17H18N2O3. The Bertz CT molecular complexity index is 737. The number of carbonyl (C=O) groups excluding carboxylic acids is 1. The number of esters is 1. The van der Waals surface area contributed by atoms with Crippen LogP contribution in [0.4, 0.5) is 5.82 Å². The molecule has 3 rings (SSSR count). The zero-order chi connectivity index (χ0) is 15.5. The van der Waals surface area contributed by atoms with Crippen molar-refractivity contribution in [3.05, 3.63) is 63.9 Å². The first kappa shape index (κ1) is 14.4. The van der Waals surface area contributed by atoms with Crippen molar-refractivity contribution in [2.75, 3.05) is 18.1 Å². The lowest BCUT2D eigenvalue weighted by Crippen LogP contribution is -2.24. The van der Waals surface area contributed by atoms with Gasteiger partial charge in [0.05, 0.1) is 6.61 Å². The molecule has 0 amide bonds. The highest BCUT2D eigenvalue weighted by Gasteiger charge is 2.27. The van der Waals surface area contributed by atoms with Gasteiger partial charge < -0.3 is 9.64 Å². The van der Waals surface area contributed by atoms with Crippen molar-refractivity contribution in [3.63, 3.8) is 0 Å². The molecule has 1 aromatic heterocycles. The second-order valence-corrected chi connectivity index (χ2v) is 5.19. The summed E-state index contributed by atoms with van der Waals surface area (Å²) in [5.74, 6) is 0.279. The van der Waals surface area contributed by atoms with Crippen LogP contribution in [0.5, 0.6) is 0 Å².